The maximum Gasteiger partial charge on any atom is 0.192 e. The summed E-state index contributed by atoms with van der Waals surface area (Å²) in [5.41, 5.74) is -0.661. The third kappa shape index (κ3) is 1.97. The second-order valence-corrected chi connectivity index (χ2v) is 8.74. The fourth-order valence-corrected chi connectivity index (χ4v) is 6.17. The van der Waals surface area contributed by atoms with Gasteiger partial charge in [-0.15, -0.1) is 0 Å². The quantitative estimate of drug-likeness (QED) is 0.650. The molecule has 0 aliphatic heterocycles. The molecule has 2 saturated carbocycles. The van der Waals surface area contributed by atoms with Crippen LogP contribution in [0.2, 0.25) is 0 Å². The Balaban J connectivity index is 1.79. The predicted molar refractivity (Wildman–Crippen MR) is 95.0 cm³/mol. The molecule has 1 unspecified atom stereocenters. The van der Waals surface area contributed by atoms with Gasteiger partial charge in [0, 0.05) is 10.8 Å². The molecule has 6 atom stereocenters. The summed E-state index contributed by atoms with van der Waals surface area (Å²) < 4.78 is 0. The van der Waals surface area contributed by atoms with E-state index >= 15 is 0 Å². The SMILES string of the molecule is C[C@]12C=CC(=O)C=C1CC[C@@H]1C2=CC[C@@]2(C)[C@H]1CC(O)[C@]2(O)C(=O)CO. The number of carbonyl (C=O) groups excluding carboxylic acids is 2. The molecule has 4 rings (SSSR count). The molecule has 0 bridgehead atoms. The number of carbonyl (C=O) groups is 2. The van der Waals surface area contributed by atoms with E-state index in [2.05, 4.69) is 13.0 Å². The summed E-state index contributed by atoms with van der Waals surface area (Å²) in [7, 11) is 0. The number of hydrogen-bond donors (Lipinski definition) is 3. The van der Waals surface area contributed by atoms with E-state index in [4.69, 9.17) is 0 Å². The standard InChI is InChI=1S/C21H26O5/c1-19-7-5-13(23)9-12(19)3-4-14-15(19)6-8-20(2)16(14)10-17(24)21(20,26)18(25)11-22/h5-7,9,14,16-17,22,24,26H,3-4,8,10-11H2,1-2H3/t14-,16+,17?,19+,20+,21+/m1/s1. The first-order valence-electron chi connectivity index (χ1n) is 9.38. The van der Waals surface area contributed by atoms with Crippen LogP contribution < -0.4 is 0 Å². The molecule has 0 radical (unpaired) electrons. The monoisotopic (exact) mass is 358 g/mol. The lowest BCUT2D eigenvalue weighted by atomic mass is 9.51. The molecule has 0 heterocycles. The van der Waals surface area contributed by atoms with Gasteiger partial charge < -0.3 is 15.3 Å². The first kappa shape index (κ1) is 17.8. The van der Waals surface area contributed by atoms with Crippen molar-refractivity contribution in [3.8, 4) is 0 Å². The Morgan fingerprint density at radius 2 is 2.08 bits per heavy atom. The highest BCUT2D eigenvalue weighted by molar-refractivity contribution is 6.01. The number of aliphatic hydroxyl groups is 3. The zero-order valence-corrected chi connectivity index (χ0v) is 15.2. The van der Waals surface area contributed by atoms with Gasteiger partial charge in [-0.1, -0.05) is 30.2 Å². The molecule has 5 heteroatoms. The number of ketones is 2. The van der Waals surface area contributed by atoms with Gasteiger partial charge in [-0.3, -0.25) is 9.59 Å². The van der Waals surface area contributed by atoms with E-state index in [9.17, 15) is 24.9 Å². The molecule has 0 aromatic carbocycles. The molecule has 0 amide bonds. The van der Waals surface area contributed by atoms with Crippen molar-refractivity contribution in [1.82, 2.24) is 0 Å². The molecule has 26 heavy (non-hydrogen) atoms. The van der Waals surface area contributed by atoms with Crippen LogP contribution in [0, 0.1) is 22.7 Å². The average molecular weight is 358 g/mol. The summed E-state index contributed by atoms with van der Waals surface area (Å²) in [6, 6.07) is 0. The third-order valence-corrected chi connectivity index (χ3v) is 7.74. The van der Waals surface area contributed by atoms with Gasteiger partial charge in [0.25, 0.3) is 0 Å². The molecule has 0 aromatic rings. The van der Waals surface area contributed by atoms with E-state index in [0.29, 0.717) is 12.8 Å². The van der Waals surface area contributed by atoms with E-state index in [0.717, 1.165) is 18.4 Å². The van der Waals surface area contributed by atoms with Gasteiger partial charge in [0.2, 0.25) is 0 Å². The number of rotatable bonds is 2. The van der Waals surface area contributed by atoms with Crippen molar-refractivity contribution in [2.24, 2.45) is 22.7 Å². The summed E-state index contributed by atoms with van der Waals surface area (Å²) >= 11 is 0. The minimum Gasteiger partial charge on any atom is -0.390 e. The van der Waals surface area contributed by atoms with Crippen LogP contribution in [-0.2, 0) is 9.59 Å². The maximum absolute atomic E-state index is 12.4. The van der Waals surface area contributed by atoms with Gasteiger partial charge in [-0.2, -0.15) is 0 Å². The van der Waals surface area contributed by atoms with Gasteiger partial charge in [-0.25, -0.2) is 0 Å². The Morgan fingerprint density at radius 1 is 1.35 bits per heavy atom. The molecule has 0 saturated heterocycles. The minimum atomic E-state index is -1.91. The van der Waals surface area contributed by atoms with Crippen LogP contribution >= 0.6 is 0 Å². The highest BCUT2D eigenvalue weighted by Crippen LogP contribution is 2.65. The van der Waals surface area contributed by atoms with Crippen molar-refractivity contribution < 1.29 is 24.9 Å². The fraction of sp³-hybridized carbons (Fsp3) is 0.619. The van der Waals surface area contributed by atoms with Gasteiger partial charge >= 0.3 is 0 Å². The highest BCUT2D eigenvalue weighted by atomic mass is 16.4. The molecule has 3 N–H and O–H groups in total. The van der Waals surface area contributed by atoms with Gasteiger partial charge in [0.15, 0.2) is 17.2 Å². The Hall–Kier alpha value is -1.56. The second kappa shape index (κ2) is 5.47. The zero-order chi connectivity index (χ0) is 18.9. The first-order chi connectivity index (χ1) is 12.2. The van der Waals surface area contributed by atoms with Crippen molar-refractivity contribution in [3.63, 3.8) is 0 Å². The Kier molecular flexibility index (Phi) is 3.75. The van der Waals surface area contributed by atoms with E-state index in [-0.39, 0.29) is 23.0 Å². The molecule has 140 valence electrons. The number of Topliss-reactive ketones (excluding diaryl/α,β-unsaturated/α-hetero) is 1. The van der Waals surface area contributed by atoms with Crippen LogP contribution in [0.3, 0.4) is 0 Å². The highest BCUT2D eigenvalue weighted by Gasteiger charge is 2.68. The number of fused-ring (bicyclic) bond motifs is 5. The molecule has 0 aromatic heterocycles. The van der Waals surface area contributed by atoms with Crippen LogP contribution in [-0.4, -0.2) is 45.2 Å². The third-order valence-electron chi connectivity index (χ3n) is 7.74. The van der Waals surface area contributed by atoms with Crippen LogP contribution in [0.4, 0.5) is 0 Å². The molecule has 2 fully saturated rings. The van der Waals surface area contributed by atoms with Crippen LogP contribution in [0.15, 0.2) is 35.5 Å². The predicted octanol–water partition coefficient (Wildman–Crippen LogP) is 1.48. The Morgan fingerprint density at radius 3 is 2.77 bits per heavy atom. The first-order valence-corrected chi connectivity index (χ1v) is 9.38. The van der Waals surface area contributed by atoms with Gasteiger partial charge in [0.05, 0.1) is 6.10 Å². The summed E-state index contributed by atoms with van der Waals surface area (Å²) in [5, 5.41) is 31.1. The van der Waals surface area contributed by atoms with E-state index in [1.165, 1.54) is 5.57 Å². The fourth-order valence-electron chi connectivity index (χ4n) is 6.17. The maximum atomic E-state index is 12.4. The van der Waals surface area contributed by atoms with E-state index in [1.807, 2.05) is 13.0 Å². The van der Waals surface area contributed by atoms with E-state index < -0.39 is 29.5 Å². The summed E-state index contributed by atoms with van der Waals surface area (Å²) in [6.45, 7) is 3.22. The second-order valence-electron chi connectivity index (χ2n) is 8.74. The zero-order valence-electron chi connectivity index (χ0n) is 15.2. The van der Waals surface area contributed by atoms with Crippen LogP contribution in [0.5, 0.6) is 0 Å². The van der Waals surface area contributed by atoms with Crippen molar-refractivity contribution in [3.05, 3.63) is 35.5 Å². The van der Waals surface area contributed by atoms with Crippen molar-refractivity contribution in [2.45, 2.75) is 51.2 Å². The summed E-state index contributed by atoms with van der Waals surface area (Å²) in [6.07, 6.45) is 8.71. The van der Waals surface area contributed by atoms with Crippen LogP contribution in [0.25, 0.3) is 0 Å². The number of allylic oxidation sites excluding steroid dienone is 6. The van der Waals surface area contributed by atoms with Crippen LogP contribution in [0.1, 0.15) is 39.5 Å². The molecular formula is C21H26O5. The van der Waals surface area contributed by atoms with Crippen molar-refractivity contribution >= 4 is 11.6 Å². The smallest absolute Gasteiger partial charge is 0.192 e. The number of hydrogen-bond acceptors (Lipinski definition) is 5. The van der Waals surface area contributed by atoms with Gasteiger partial charge in [0.1, 0.15) is 6.61 Å². The minimum absolute atomic E-state index is 0.0244. The molecule has 4 aliphatic rings. The molecule has 4 aliphatic carbocycles. The number of aliphatic hydroxyl groups excluding tert-OH is 2. The summed E-state index contributed by atoms with van der Waals surface area (Å²) in [5.74, 6) is -0.569. The molecule has 0 spiro atoms. The van der Waals surface area contributed by atoms with Crippen molar-refractivity contribution in [2.75, 3.05) is 6.61 Å². The van der Waals surface area contributed by atoms with E-state index in [1.54, 1.807) is 12.2 Å². The topological polar surface area (TPSA) is 94.8 Å². The normalized spacial score (nSPS) is 46.8. The lowest BCUT2D eigenvalue weighted by Crippen LogP contribution is -2.59. The van der Waals surface area contributed by atoms with Gasteiger partial charge in [-0.05, 0) is 56.6 Å². The molecule has 5 nitrogen and oxygen atoms in total. The molecular weight excluding hydrogens is 332 g/mol. The Bertz CT molecular complexity index is 777. The van der Waals surface area contributed by atoms with Crippen molar-refractivity contribution in [1.29, 1.82) is 0 Å². The largest absolute Gasteiger partial charge is 0.390 e. The summed E-state index contributed by atoms with van der Waals surface area (Å²) in [4.78, 5) is 24.1. The Labute approximate surface area is 153 Å². The lowest BCUT2D eigenvalue weighted by Gasteiger charge is -2.53. The average Bonchev–Trinajstić information content (AvgIpc) is 2.83. The lowest BCUT2D eigenvalue weighted by molar-refractivity contribution is -0.169.